The van der Waals surface area contributed by atoms with Crippen LogP contribution in [0.1, 0.15) is 12.7 Å². The first-order chi connectivity index (χ1) is 6.79. The molecule has 0 saturated carbocycles. The van der Waals surface area contributed by atoms with Crippen LogP contribution in [0.3, 0.4) is 0 Å². The van der Waals surface area contributed by atoms with E-state index in [1.54, 1.807) is 22.8 Å². The van der Waals surface area contributed by atoms with Gasteiger partial charge in [-0.2, -0.15) is 0 Å². The van der Waals surface area contributed by atoms with Crippen molar-refractivity contribution in [2.75, 3.05) is 6.54 Å². The van der Waals surface area contributed by atoms with E-state index in [4.69, 9.17) is 11.6 Å². The van der Waals surface area contributed by atoms with Crippen LogP contribution in [0.4, 0.5) is 0 Å². The molecule has 5 heteroatoms. The topological polar surface area (TPSA) is 42.2 Å². The van der Waals surface area contributed by atoms with Crippen LogP contribution in [0.5, 0.6) is 0 Å². The number of hydrogen-bond acceptors (Lipinski definition) is 3. The molecule has 0 unspecified atom stereocenters. The Kier molecular flexibility index (Phi) is 2.65. The van der Waals surface area contributed by atoms with E-state index >= 15 is 0 Å². The number of nitrogens with zero attached hydrogens (tertiary/aromatic N) is 3. The Balaban J connectivity index is 2.32. The minimum atomic E-state index is 0.680. The molecule has 0 aromatic carbocycles. The number of aromatic nitrogens is 3. The molecule has 4 nitrogen and oxygen atoms in total. The molecule has 74 valence electrons. The van der Waals surface area contributed by atoms with Gasteiger partial charge in [-0.15, -0.1) is 5.10 Å². The SMILES string of the molecule is CCNCc1nc2cc(Cl)ccn2n1. The molecule has 0 saturated heterocycles. The Morgan fingerprint density at radius 2 is 2.43 bits per heavy atom. The van der Waals surface area contributed by atoms with Crippen molar-refractivity contribution >= 4 is 17.2 Å². The third kappa shape index (κ3) is 1.86. The molecule has 2 rings (SSSR count). The summed E-state index contributed by atoms with van der Waals surface area (Å²) in [6.07, 6.45) is 1.81. The highest BCUT2D eigenvalue weighted by Gasteiger charge is 2.02. The first-order valence-corrected chi connectivity index (χ1v) is 4.89. The first kappa shape index (κ1) is 9.43. The minimum Gasteiger partial charge on any atom is -0.310 e. The van der Waals surface area contributed by atoms with Crippen molar-refractivity contribution < 1.29 is 0 Å². The maximum atomic E-state index is 5.84. The van der Waals surface area contributed by atoms with Gasteiger partial charge in [0.15, 0.2) is 11.5 Å². The number of hydrogen-bond donors (Lipinski definition) is 1. The van der Waals surface area contributed by atoms with E-state index in [1.165, 1.54) is 0 Å². The molecular formula is C9H11ClN4. The number of nitrogens with one attached hydrogen (secondary N) is 1. The van der Waals surface area contributed by atoms with Crippen LogP contribution in [0.15, 0.2) is 18.3 Å². The number of halogens is 1. The zero-order chi connectivity index (χ0) is 9.97. The van der Waals surface area contributed by atoms with Crippen LogP contribution in [-0.4, -0.2) is 21.1 Å². The van der Waals surface area contributed by atoms with Crippen LogP contribution >= 0.6 is 11.6 Å². The normalized spacial score (nSPS) is 11.0. The second kappa shape index (κ2) is 3.94. The van der Waals surface area contributed by atoms with Crippen molar-refractivity contribution in [1.82, 2.24) is 19.9 Å². The van der Waals surface area contributed by atoms with Gasteiger partial charge in [0.2, 0.25) is 0 Å². The summed E-state index contributed by atoms with van der Waals surface area (Å²) >= 11 is 5.84. The van der Waals surface area contributed by atoms with Crippen molar-refractivity contribution in [1.29, 1.82) is 0 Å². The lowest BCUT2D eigenvalue weighted by atomic mass is 10.5. The summed E-state index contributed by atoms with van der Waals surface area (Å²) in [5, 5.41) is 8.13. The van der Waals surface area contributed by atoms with E-state index in [0.29, 0.717) is 11.6 Å². The third-order valence-electron chi connectivity index (χ3n) is 1.88. The summed E-state index contributed by atoms with van der Waals surface area (Å²) in [4.78, 5) is 4.32. The van der Waals surface area contributed by atoms with Crippen LogP contribution in [0, 0.1) is 0 Å². The maximum absolute atomic E-state index is 5.84. The molecule has 0 aliphatic heterocycles. The largest absolute Gasteiger partial charge is 0.310 e. The predicted octanol–water partition coefficient (Wildman–Crippen LogP) is 1.49. The van der Waals surface area contributed by atoms with Crippen molar-refractivity contribution in [3.63, 3.8) is 0 Å². The van der Waals surface area contributed by atoms with Gasteiger partial charge in [-0.25, -0.2) is 9.50 Å². The van der Waals surface area contributed by atoms with Crippen LogP contribution in [0.2, 0.25) is 5.02 Å². The lowest BCUT2D eigenvalue weighted by Crippen LogP contribution is -2.12. The monoisotopic (exact) mass is 210 g/mol. The third-order valence-corrected chi connectivity index (χ3v) is 2.11. The Morgan fingerprint density at radius 1 is 1.57 bits per heavy atom. The highest BCUT2D eigenvalue weighted by Crippen LogP contribution is 2.10. The lowest BCUT2D eigenvalue weighted by Gasteiger charge is -1.92. The number of rotatable bonds is 3. The molecule has 0 bridgehead atoms. The van der Waals surface area contributed by atoms with E-state index in [-0.39, 0.29) is 0 Å². The molecule has 2 aromatic heterocycles. The zero-order valence-corrected chi connectivity index (χ0v) is 8.62. The zero-order valence-electron chi connectivity index (χ0n) is 7.87. The molecule has 14 heavy (non-hydrogen) atoms. The van der Waals surface area contributed by atoms with Gasteiger partial charge in [0, 0.05) is 17.3 Å². The second-order valence-corrected chi connectivity index (χ2v) is 3.39. The molecule has 0 fully saturated rings. The van der Waals surface area contributed by atoms with E-state index in [1.807, 2.05) is 6.92 Å². The summed E-state index contributed by atoms with van der Waals surface area (Å²) in [6.45, 7) is 3.65. The number of fused-ring (bicyclic) bond motifs is 1. The van der Waals surface area contributed by atoms with E-state index in [2.05, 4.69) is 15.4 Å². The minimum absolute atomic E-state index is 0.680. The van der Waals surface area contributed by atoms with E-state index in [0.717, 1.165) is 18.0 Å². The standard InChI is InChI=1S/C9H11ClN4/c1-2-11-6-8-12-9-5-7(10)3-4-14(9)13-8/h3-5,11H,2,6H2,1H3. The summed E-state index contributed by atoms with van der Waals surface area (Å²) in [5.74, 6) is 0.786. The van der Waals surface area contributed by atoms with E-state index < -0.39 is 0 Å². The molecule has 0 atom stereocenters. The molecule has 0 aliphatic carbocycles. The fraction of sp³-hybridized carbons (Fsp3) is 0.333. The molecule has 0 spiro atoms. The summed E-state index contributed by atoms with van der Waals surface area (Å²) in [7, 11) is 0. The summed E-state index contributed by atoms with van der Waals surface area (Å²) in [5.41, 5.74) is 0.783. The highest BCUT2D eigenvalue weighted by molar-refractivity contribution is 6.30. The van der Waals surface area contributed by atoms with Gasteiger partial charge in [-0.3, -0.25) is 0 Å². The van der Waals surface area contributed by atoms with Gasteiger partial charge < -0.3 is 5.32 Å². The van der Waals surface area contributed by atoms with Gasteiger partial charge in [0.1, 0.15) is 0 Å². The average Bonchev–Trinajstić information content (AvgIpc) is 2.56. The van der Waals surface area contributed by atoms with Gasteiger partial charge in [-0.1, -0.05) is 18.5 Å². The predicted molar refractivity (Wildman–Crippen MR) is 55.4 cm³/mol. The fourth-order valence-electron chi connectivity index (χ4n) is 1.21. The average molecular weight is 211 g/mol. The highest BCUT2D eigenvalue weighted by atomic mass is 35.5. The van der Waals surface area contributed by atoms with Gasteiger partial charge in [-0.05, 0) is 12.6 Å². The Labute approximate surface area is 86.9 Å². The van der Waals surface area contributed by atoms with Crippen LogP contribution < -0.4 is 5.32 Å². The van der Waals surface area contributed by atoms with Gasteiger partial charge in [0.05, 0.1) is 6.54 Å². The lowest BCUT2D eigenvalue weighted by molar-refractivity contribution is 0.688. The quantitative estimate of drug-likeness (QED) is 0.835. The molecule has 0 radical (unpaired) electrons. The Hall–Kier alpha value is -1.13. The van der Waals surface area contributed by atoms with Crippen molar-refractivity contribution in [3.8, 4) is 0 Å². The molecule has 1 N–H and O–H groups in total. The van der Waals surface area contributed by atoms with Gasteiger partial charge in [0.25, 0.3) is 0 Å². The van der Waals surface area contributed by atoms with Crippen molar-refractivity contribution in [2.24, 2.45) is 0 Å². The van der Waals surface area contributed by atoms with E-state index in [9.17, 15) is 0 Å². The molecular weight excluding hydrogens is 200 g/mol. The molecule has 2 aromatic rings. The molecule has 0 aliphatic rings. The molecule has 2 heterocycles. The van der Waals surface area contributed by atoms with Crippen LogP contribution in [0.25, 0.3) is 5.65 Å². The van der Waals surface area contributed by atoms with Crippen molar-refractivity contribution in [2.45, 2.75) is 13.5 Å². The van der Waals surface area contributed by atoms with Crippen molar-refractivity contribution in [3.05, 3.63) is 29.2 Å². The van der Waals surface area contributed by atoms with Crippen LogP contribution in [-0.2, 0) is 6.54 Å². The fourth-order valence-corrected chi connectivity index (χ4v) is 1.37. The Bertz CT molecular complexity index is 437. The second-order valence-electron chi connectivity index (χ2n) is 2.96. The first-order valence-electron chi connectivity index (χ1n) is 4.51. The maximum Gasteiger partial charge on any atom is 0.165 e. The number of pyridine rings is 1. The smallest absolute Gasteiger partial charge is 0.165 e. The van der Waals surface area contributed by atoms with Gasteiger partial charge >= 0.3 is 0 Å². The molecule has 0 amide bonds. The summed E-state index contributed by atoms with van der Waals surface area (Å²) < 4.78 is 1.72. The Morgan fingerprint density at radius 3 is 3.21 bits per heavy atom. The summed E-state index contributed by atoms with van der Waals surface area (Å²) in [6, 6.07) is 3.59.